The Morgan fingerprint density at radius 1 is 1.10 bits per heavy atom. The second-order valence-corrected chi connectivity index (χ2v) is 9.22. The van der Waals surface area contributed by atoms with Gasteiger partial charge in [-0.1, -0.05) is 30.3 Å². The summed E-state index contributed by atoms with van der Waals surface area (Å²) in [5.74, 6) is 0.977. The molecule has 4 aromatic rings. The zero-order valence-corrected chi connectivity index (χ0v) is 22.8. The third-order valence-corrected chi connectivity index (χ3v) is 6.58. The van der Waals surface area contributed by atoms with Gasteiger partial charge in [-0.2, -0.15) is 0 Å². The molecule has 0 saturated carbocycles. The smallest absolute Gasteiger partial charge is 0.343 e. The van der Waals surface area contributed by atoms with Crippen molar-refractivity contribution >= 4 is 51.2 Å². The summed E-state index contributed by atoms with van der Waals surface area (Å²) in [5.41, 5.74) is 9.54. The highest BCUT2D eigenvalue weighted by Gasteiger charge is 2.19. The third-order valence-electron chi connectivity index (χ3n) is 6.35. The lowest BCUT2D eigenvalue weighted by molar-refractivity contribution is -0.142. The van der Waals surface area contributed by atoms with Gasteiger partial charge in [-0.05, 0) is 30.2 Å². The summed E-state index contributed by atoms with van der Waals surface area (Å²) in [4.78, 5) is 35.2. The first-order chi connectivity index (χ1) is 18.9. The molecule has 0 bridgehead atoms. The maximum Gasteiger partial charge on any atom is 0.343 e. The summed E-state index contributed by atoms with van der Waals surface area (Å²) in [7, 11) is 2.96. The van der Waals surface area contributed by atoms with Crippen LogP contribution in [0.2, 0.25) is 0 Å². The number of benzene rings is 2. The van der Waals surface area contributed by atoms with E-state index < -0.39 is 5.97 Å². The third kappa shape index (κ3) is 6.76. The fourth-order valence-electron chi connectivity index (χ4n) is 4.48. The van der Waals surface area contributed by atoms with Crippen molar-refractivity contribution in [3.8, 4) is 5.75 Å². The number of esters is 1. The monoisotopic (exact) mass is 553 g/mol. The topological polar surface area (TPSA) is 122 Å². The highest BCUT2D eigenvalue weighted by Crippen LogP contribution is 2.29. The number of fused-ring (bicyclic) bond motifs is 3. The van der Waals surface area contributed by atoms with Crippen LogP contribution in [0.15, 0.2) is 48.5 Å². The van der Waals surface area contributed by atoms with Crippen LogP contribution in [0.4, 0.5) is 5.82 Å². The van der Waals surface area contributed by atoms with E-state index in [1.54, 1.807) is 24.1 Å². The van der Waals surface area contributed by atoms with Crippen molar-refractivity contribution < 1.29 is 23.8 Å². The van der Waals surface area contributed by atoms with E-state index in [-0.39, 0.29) is 18.4 Å². The number of hydrogen-bond donors (Lipinski definition) is 1. The van der Waals surface area contributed by atoms with Gasteiger partial charge in [0.2, 0.25) is 5.91 Å². The molecule has 0 spiro atoms. The van der Waals surface area contributed by atoms with E-state index in [0.29, 0.717) is 56.2 Å². The Labute approximate surface area is 231 Å². The van der Waals surface area contributed by atoms with Gasteiger partial charge in [0.1, 0.15) is 23.0 Å². The minimum Gasteiger partial charge on any atom is -0.482 e. The first-order valence-electron chi connectivity index (χ1n) is 12.6. The van der Waals surface area contributed by atoms with E-state index in [1.807, 2.05) is 36.4 Å². The Morgan fingerprint density at radius 2 is 1.92 bits per heavy atom. The molecule has 0 aliphatic heterocycles. The van der Waals surface area contributed by atoms with Crippen LogP contribution in [0.1, 0.15) is 17.8 Å². The number of rotatable bonds is 13. The average Bonchev–Trinajstić information content (AvgIpc) is 3.33. The average molecular weight is 554 g/mol. The molecule has 10 nitrogen and oxygen atoms in total. The largest absolute Gasteiger partial charge is 0.482 e. The number of methoxy groups -OCH3 is 2. The van der Waals surface area contributed by atoms with E-state index in [2.05, 4.69) is 14.3 Å². The summed E-state index contributed by atoms with van der Waals surface area (Å²) in [6.45, 7) is 1.75. The second-order valence-electron chi connectivity index (χ2n) is 8.95. The molecule has 0 fully saturated rings. The highest BCUT2D eigenvalue weighted by molar-refractivity contribution is 6.27. The molecule has 0 saturated heterocycles. The van der Waals surface area contributed by atoms with Crippen LogP contribution < -0.4 is 10.5 Å². The quantitative estimate of drug-likeness (QED) is 0.197. The first kappa shape index (κ1) is 28.1. The lowest BCUT2D eigenvalue weighted by Crippen LogP contribution is -2.33. The number of nitrogen functional groups attached to an aromatic ring is 1. The molecule has 2 aromatic carbocycles. The van der Waals surface area contributed by atoms with E-state index in [1.165, 1.54) is 7.11 Å². The Balaban J connectivity index is 1.54. The van der Waals surface area contributed by atoms with Gasteiger partial charge in [0, 0.05) is 38.6 Å². The van der Waals surface area contributed by atoms with E-state index in [9.17, 15) is 9.59 Å². The number of para-hydroxylation sites is 1. The number of halogens is 1. The number of carbonyl (C=O) groups excluding carboxylic acids is 2. The number of ether oxygens (including phenoxy) is 3. The van der Waals surface area contributed by atoms with Crippen molar-refractivity contribution in [1.29, 1.82) is 0 Å². The minimum absolute atomic E-state index is 0.127. The number of nitrogens with zero attached hydrogens (tertiary/aromatic N) is 4. The van der Waals surface area contributed by atoms with Gasteiger partial charge in [-0.15, -0.1) is 11.6 Å². The molecule has 2 heterocycles. The van der Waals surface area contributed by atoms with Crippen molar-refractivity contribution in [3.05, 3.63) is 59.9 Å². The number of alkyl halides is 1. The predicted octanol–water partition coefficient (Wildman–Crippen LogP) is 3.57. The zero-order chi connectivity index (χ0) is 27.8. The molecule has 0 atom stereocenters. The first-order valence-corrected chi connectivity index (χ1v) is 13.1. The predicted molar refractivity (Wildman–Crippen MR) is 150 cm³/mol. The van der Waals surface area contributed by atoms with Crippen LogP contribution in [0, 0.1) is 0 Å². The number of hydrogen-bond acceptors (Lipinski definition) is 8. The van der Waals surface area contributed by atoms with E-state index >= 15 is 0 Å². The van der Waals surface area contributed by atoms with Crippen LogP contribution in [-0.4, -0.2) is 71.2 Å². The Kier molecular flexibility index (Phi) is 9.56. The fourth-order valence-corrected chi connectivity index (χ4v) is 4.65. The zero-order valence-electron chi connectivity index (χ0n) is 22.1. The summed E-state index contributed by atoms with van der Waals surface area (Å²) in [6, 6.07) is 15.1. The molecular formula is C28H32ClN5O5. The van der Waals surface area contributed by atoms with Crippen LogP contribution in [-0.2, 0) is 38.6 Å². The highest BCUT2D eigenvalue weighted by atomic mass is 35.5. The molecule has 2 N–H and O–H groups in total. The van der Waals surface area contributed by atoms with Crippen molar-refractivity contribution in [1.82, 2.24) is 19.4 Å². The molecule has 11 heteroatoms. The maximum atomic E-state index is 12.7. The van der Waals surface area contributed by atoms with Crippen molar-refractivity contribution in [2.45, 2.75) is 25.9 Å². The Bertz CT molecular complexity index is 1460. The lowest BCUT2D eigenvalue weighted by Gasteiger charge is -2.23. The van der Waals surface area contributed by atoms with Crippen LogP contribution in [0.3, 0.4) is 0 Å². The number of amides is 1. The maximum absolute atomic E-state index is 12.7. The normalized spacial score (nSPS) is 11.2. The summed E-state index contributed by atoms with van der Waals surface area (Å²) in [6.07, 6.45) is 1.27. The number of anilines is 1. The van der Waals surface area contributed by atoms with Crippen molar-refractivity contribution in [2.75, 3.05) is 45.6 Å². The molecule has 0 unspecified atom stereocenters. The Hall–Kier alpha value is -3.89. The minimum atomic E-state index is -0.471. The van der Waals surface area contributed by atoms with Crippen LogP contribution >= 0.6 is 11.6 Å². The van der Waals surface area contributed by atoms with Gasteiger partial charge in [0.15, 0.2) is 12.4 Å². The van der Waals surface area contributed by atoms with Gasteiger partial charge >= 0.3 is 5.97 Å². The molecule has 206 valence electrons. The molecule has 4 rings (SSSR count). The number of imidazole rings is 1. The van der Waals surface area contributed by atoms with Gasteiger partial charge in [-0.25, -0.2) is 14.8 Å². The van der Waals surface area contributed by atoms with Gasteiger partial charge < -0.3 is 29.4 Å². The van der Waals surface area contributed by atoms with E-state index in [0.717, 1.165) is 27.8 Å². The second kappa shape index (κ2) is 13.3. The van der Waals surface area contributed by atoms with Crippen LogP contribution in [0.25, 0.3) is 21.9 Å². The number of pyridine rings is 1. The molecule has 39 heavy (non-hydrogen) atoms. The SMILES string of the molecule is COCCc1nc2c(N)nc3ccccc3c2n1CCCN(Cc1cccc(OCC(=O)OC)c1)C(=O)CCl. The Morgan fingerprint density at radius 3 is 2.69 bits per heavy atom. The van der Waals surface area contributed by atoms with Crippen molar-refractivity contribution in [3.63, 3.8) is 0 Å². The van der Waals surface area contributed by atoms with E-state index in [4.69, 9.17) is 31.8 Å². The van der Waals surface area contributed by atoms with Crippen LogP contribution in [0.5, 0.6) is 5.75 Å². The number of nitrogens with two attached hydrogens (primary N) is 1. The van der Waals surface area contributed by atoms with Gasteiger partial charge in [0.25, 0.3) is 0 Å². The number of aryl methyl sites for hydroxylation is 1. The molecule has 0 aliphatic carbocycles. The number of aromatic nitrogens is 3. The molecule has 0 radical (unpaired) electrons. The molecule has 0 aliphatic rings. The van der Waals surface area contributed by atoms with Gasteiger partial charge in [0.05, 0.1) is 24.8 Å². The summed E-state index contributed by atoms with van der Waals surface area (Å²) < 4.78 is 17.6. The van der Waals surface area contributed by atoms with Crippen molar-refractivity contribution in [2.24, 2.45) is 0 Å². The summed E-state index contributed by atoms with van der Waals surface area (Å²) >= 11 is 5.95. The number of carbonyl (C=O) groups is 2. The van der Waals surface area contributed by atoms with Gasteiger partial charge in [-0.3, -0.25) is 4.79 Å². The molecule has 1 amide bonds. The fraction of sp³-hybridized carbons (Fsp3) is 0.357. The standard InChI is InChI=1S/C28H32ClN5O5/c1-37-14-11-23-32-26-27(21-9-3-4-10-22(21)31-28(26)30)34(23)13-6-12-33(24(35)16-29)17-19-7-5-8-20(15-19)39-18-25(36)38-2/h3-5,7-10,15H,6,11-14,16-18H2,1-2H3,(H2,30,31). The molecular weight excluding hydrogens is 522 g/mol. The lowest BCUT2D eigenvalue weighted by atomic mass is 10.1. The molecule has 2 aromatic heterocycles. The summed E-state index contributed by atoms with van der Waals surface area (Å²) in [5, 5.41) is 0.968.